The summed E-state index contributed by atoms with van der Waals surface area (Å²) in [5, 5.41) is 7.53. The third-order valence-corrected chi connectivity index (χ3v) is 4.26. The molecule has 1 saturated carbocycles. The summed E-state index contributed by atoms with van der Waals surface area (Å²) in [4.78, 5) is 9.06. The molecule has 2 heterocycles. The number of hydrogen-bond acceptors (Lipinski definition) is 5. The molecular weight excluding hydrogens is 264 g/mol. The highest BCUT2D eigenvalue weighted by atomic mass is 16.5. The molecule has 112 valence electrons. The normalized spacial score (nSPS) is 23.0. The molecule has 0 radical (unpaired) electrons. The number of pyridine rings is 1. The molecule has 0 saturated heterocycles. The van der Waals surface area contributed by atoms with E-state index in [-0.39, 0.29) is 0 Å². The summed E-state index contributed by atoms with van der Waals surface area (Å²) in [6.45, 7) is 1.97. The number of hydrogen-bond donors (Lipinski definition) is 1. The Hall–Kier alpha value is -1.75. The maximum atomic E-state index is 5.54. The molecule has 0 aromatic carbocycles. The third kappa shape index (κ3) is 3.13. The van der Waals surface area contributed by atoms with Gasteiger partial charge in [-0.2, -0.15) is 4.98 Å². The van der Waals surface area contributed by atoms with Crippen molar-refractivity contribution < 1.29 is 4.52 Å². The SMILES string of the molecule is CNC1CCCCCC1c1nc(-c2cccc(C)n2)no1. The van der Waals surface area contributed by atoms with E-state index in [0.29, 0.717) is 17.8 Å². The molecule has 0 amide bonds. The Labute approximate surface area is 125 Å². The van der Waals surface area contributed by atoms with Crippen molar-refractivity contribution in [3.05, 3.63) is 29.8 Å². The average molecular weight is 286 g/mol. The van der Waals surface area contributed by atoms with Crippen LogP contribution in [0.4, 0.5) is 0 Å². The van der Waals surface area contributed by atoms with Gasteiger partial charge in [-0.25, -0.2) is 4.98 Å². The number of likely N-dealkylation sites (N-methyl/N-ethyl adjacent to an activating group) is 1. The van der Waals surface area contributed by atoms with Crippen molar-refractivity contribution in [3.63, 3.8) is 0 Å². The van der Waals surface area contributed by atoms with E-state index in [4.69, 9.17) is 4.52 Å². The van der Waals surface area contributed by atoms with Crippen LogP contribution in [-0.2, 0) is 0 Å². The highest BCUT2D eigenvalue weighted by Gasteiger charge is 2.28. The van der Waals surface area contributed by atoms with Crippen molar-refractivity contribution in [1.82, 2.24) is 20.4 Å². The Balaban J connectivity index is 1.86. The molecule has 2 aromatic heterocycles. The molecule has 0 bridgehead atoms. The van der Waals surface area contributed by atoms with Crippen LogP contribution in [0.5, 0.6) is 0 Å². The highest BCUT2D eigenvalue weighted by molar-refractivity contribution is 5.48. The highest BCUT2D eigenvalue weighted by Crippen LogP contribution is 2.31. The third-order valence-electron chi connectivity index (χ3n) is 4.26. The quantitative estimate of drug-likeness (QED) is 0.878. The molecule has 3 rings (SSSR count). The van der Waals surface area contributed by atoms with E-state index in [9.17, 15) is 0 Å². The number of rotatable bonds is 3. The summed E-state index contributed by atoms with van der Waals surface area (Å²) >= 11 is 0. The molecular formula is C16H22N4O. The van der Waals surface area contributed by atoms with Crippen LogP contribution in [0.2, 0.25) is 0 Å². The van der Waals surface area contributed by atoms with Crippen LogP contribution in [0, 0.1) is 6.92 Å². The molecule has 1 aliphatic rings. The fourth-order valence-electron chi connectivity index (χ4n) is 3.11. The van der Waals surface area contributed by atoms with Crippen LogP contribution < -0.4 is 5.32 Å². The standard InChI is InChI=1S/C16H22N4O/c1-11-7-6-10-14(18-11)15-19-16(21-20-15)12-8-4-3-5-9-13(12)17-2/h6-7,10,12-13,17H,3-5,8-9H2,1-2H3. The summed E-state index contributed by atoms with van der Waals surface area (Å²) in [7, 11) is 2.02. The van der Waals surface area contributed by atoms with Crippen molar-refractivity contribution in [3.8, 4) is 11.5 Å². The second-order valence-electron chi connectivity index (χ2n) is 5.76. The van der Waals surface area contributed by atoms with Gasteiger partial charge in [0.05, 0.1) is 5.92 Å². The van der Waals surface area contributed by atoms with Gasteiger partial charge >= 0.3 is 0 Å². The van der Waals surface area contributed by atoms with E-state index in [0.717, 1.165) is 23.7 Å². The molecule has 5 nitrogen and oxygen atoms in total. The molecule has 0 spiro atoms. The minimum atomic E-state index is 0.309. The van der Waals surface area contributed by atoms with Crippen LogP contribution in [0.3, 0.4) is 0 Å². The van der Waals surface area contributed by atoms with Gasteiger partial charge in [-0.3, -0.25) is 0 Å². The predicted molar refractivity (Wildman–Crippen MR) is 80.9 cm³/mol. The van der Waals surface area contributed by atoms with Crippen LogP contribution in [0.15, 0.2) is 22.7 Å². The first-order chi connectivity index (χ1) is 10.3. The summed E-state index contributed by atoms with van der Waals surface area (Å²) in [5.41, 5.74) is 1.74. The average Bonchev–Trinajstić information content (AvgIpc) is 2.86. The molecule has 5 heteroatoms. The lowest BCUT2D eigenvalue weighted by Crippen LogP contribution is -2.31. The molecule has 1 fully saturated rings. The first-order valence-corrected chi connectivity index (χ1v) is 7.73. The number of aryl methyl sites for hydroxylation is 1. The smallest absolute Gasteiger partial charge is 0.231 e. The zero-order chi connectivity index (χ0) is 14.7. The Morgan fingerprint density at radius 3 is 2.81 bits per heavy atom. The summed E-state index contributed by atoms with van der Waals surface area (Å²) in [6, 6.07) is 6.28. The molecule has 1 aliphatic carbocycles. The summed E-state index contributed by atoms with van der Waals surface area (Å²) in [5.74, 6) is 1.64. The van der Waals surface area contributed by atoms with Crippen LogP contribution in [-0.4, -0.2) is 28.2 Å². The summed E-state index contributed by atoms with van der Waals surface area (Å²) < 4.78 is 5.54. The first-order valence-electron chi connectivity index (χ1n) is 7.73. The van der Waals surface area contributed by atoms with Crippen LogP contribution in [0.1, 0.15) is 49.6 Å². The fourth-order valence-corrected chi connectivity index (χ4v) is 3.11. The van der Waals surface area contributed by atoms with E-state index in [1.807, 2.05) is 32.2 Å². The predicted octanol–water partition coefficient (Wildman–Crippen LogP) is 3.08. The van der Waals surface area contributed by atoms with E-state index in [2.05, 4.69) is 20.4 Å². The summed E-state index contributed by atoms with van der Waals surface area (Å²) in [6.07, 6.45) is 6.05. The van der Waals surface area contributed by atoms with Gasteiger partial charge in [0.15, 0.2) is 0 Å². The van der Waals surface area contributed by atoms with Crippen molar-refractivity contribution in [2.45, 2.75) is 51.0 Å². The van der Waals surface area contributed by atoms with Crippen LogP contribution in [0.25, 0.3) is 11.5 Å². The minimum Gasteiger partial charge on any atom is -0.339 e. The van der Waals surface area contributed by atoms with Gasteiger partial charge in [-0.1, -0.05) is 30.5 Å². The Morgan fingerprint density at radius 2 is 2.00 bits per heavy atom. The van der Waals surface area contributed by atoms with Gasteiger partial charge in [-0.15, -0.1) is 0 Å². The van der Waals surface area contributed by atoms with Crippen molar-refractivity contribution in [1.29, 1.82) is 0 Å². The lowest BCUT2D eigenvalue weighted by Gasteiger charge is -2.20. The van der Waals surface area contributed by atoms with Crippen molar-refractivity contribution >= 4 is 0 Å². The monoisotopic (exact) mass is 286 g/mol. The van der Waals surface area contributed by atoms with E-state index >= 15 is 0 Å². The molecule has 2 aromatic rings. The van der Waals surface area contributed by atoms with Gasteiger partial charge in [0, 0.05) is 11.7 Å². The molecule has 2 unspecified atom stereocenters. The maximum absolute atomic E-state index is 5.54. The van der Waals surface area contributed by atoms with Gasteiger partial charge in [0.25, 0.3) is 0 Å². The first kappa shape index (κ1) is 14.2. The van der Waals surface area contributed by atoms with Gasteiger partial charge in [-0.05, 0) is 38.9 Å². The van der Waals surface area contributed by atoms with E-state index < -0.39 is 0 Å². The zero-order valence-corrected chi connectivity index (χ0v) is 12.7. The number of nitrogens with zero attached hydrogens (tertiary/aromatic N) is 3. The Bertz CT molecular complexity index is 595. The maximum Gasteiger partial charge on any atom is 0.231 e. The van der Waals surface area contributed by atoms with Crippen molar-refractivity contribution in [2.75, 3.05) is 7.05 Å². The minimum absolute atomic E-state index is 0.309. The van der Waals surface area contributed by atoms with Gasteiger partial charge in [0.1, 0.15) is 5.69 Å². The largest absolute Gasteiger partial charge is 0.339 e. The number of aromatic nitrogens is 3. The molecule has 2 atom stereocenters. The molecule has 1 N–H and O–H groups in total. The zero-order valence-electron chi connectivity index (χ0n) is 12.7. The van der Waals surface area contributed by atoms with Crippen LogP contribution >= 0.6 is 0 Å². The Morgan fingerprint density at radius 1 is 1.14 bits per heavy atom. The van der Waals surface area contributed by atoms with Gasteiger partial charge in [0.2, 0.25) is 11.7 Å². The second kappa shape index (κ2) is 6.35. The Kier molecular flexibility index (Phi) is 4.29. The number of nitrogens with one attached hydrogen (secondary N) is 1. The molecule has 21 heavy (non-hydrogen) atoms. The van der Waals surface area contributed by atoms with Gasteiger partial charge < -0.3 is 9.84 Å². The topological polar surface area (TPSA) is 63.8 Å². The lowest BCUT2D eigenvalue weighted by molar-refractivity contribution is 0.311. The van der Waals surface area contributed by atoms with E-state index in [1.165, 1.54) is 25.7 Å². The second-order valence-corrected chi connectivity index (χ2v) is 5.76. The van der Waals surface area contributed by atoms with E-state index in [1.54, 1.807) is 0 Å². The van der Waals surface area contributed by atoms with Crippen molar-refractivity contribution in [2.24, 2.45) is 0 Å². The molecule has 0 aliphatic heterocycles. The lowest BCUT2D eigenvalue weighted by atomic mass is 9.95. The fraction of sp³-hybridized carbons (Fsp3) is 0.562.